The number of nitrogens with two attached hydrogens (primary N) is 4. The summed E-state index contributed by atoms with van der Waals surface area (Å²) < 4.78 is 136. The van der Waals surface area contributed by atoms with Crippen molar-refractivity contribution in [2.45, 2.75) is 19.6 Å². The standard InChI is InChI=1S/2C20H15N3O8S2.2Na/c2*21-12-6-5-9(7-14(12)32(26,27)28)23-13-8-15(33(29,30)31)18(22)17-16(13)19(24)10-3-1-2-4-11(10)20(17)25;;/h2*1-8,23H,21-22H2,(H,26,27,28)(H,29,30,31);;/q;;2*+1/p-2. The fraction of sp³-hybridized carbons (Fsp3) is 0. The first kappa shape index (κ1) is 53.4. The molecule has 12 N–H and O–H groups in total. The summed E-state index contributed by atoms with van der Waals surface area (Å²) in [4.78, 5) is 49.5. The molecule has 0 aliphatic heterocycles. The van der Waals surface area contributed by atoms with Gasteiger partial charge in [0.2, 0.25) is 0 Å². The number of anilines is 8. The van der Waals surface area contributed by atoms with Gasteiger partial charge in [0.05, 0.1) is 66.2 Å². The van der Waals surface area contributed by atoms with Crippen LogP contribution in [0.5, 0.6) is 0 Å². The van der Waals surface area contributed by atoms with E-state index in [1.807, 2.05) is 0 Å². The van der Waals surface area contributed by atoms with Crippen molar-refractivity contribution in [3.8, 4) is 0 Å². The molecule has 2 aliphatic carbocycles. The number of nitrogens with one attached hydrogen (secondary N) is 2. The maximum atomic E-state index is 13.2. The molecule has 0 amide bonds. The zero-order chi connectivity index (χ0) is 48.6. The Bertz CT molecular complexity index is 3440. The van der Waals surface area contributed by atoms with Crippen molar-refractivity contribution in [2.75, 3.05) is 33.6 Å². The Morgan fingerprint density at radius 1 is 0.412 bits per heavy atom. The van der Waals surface area contributed by atoms with Gasteiger partial charge in [0.1, 0.15) is 30.0 Å². The summed E-state index contributed by atoms with van der Waals surface area (Å²) in [5.74, 6) is -2.87. The average molecular weight is 1020 g/mol. The number of fused-ring (bicyclic) bond motifs is 4. The van der Waals surface area contributed by atoms with E-state index in [2.05, 4.69) is 10.6 Å². The zero-order valence-corrected chi connectivity index (χ0v) is 42.1. The van der Waals surface area contributed by atoms with Crippen molar-refractivity contribution in [3.63, 3.8) is 0 Å². The largest absolute Gasteiger partial charge is 1.00 e. The first-order chi connectivity index (χ1) is 30.6. The second kappa shape index (κ2) is 19.1. The van der Waals surface area contributed by atoms with Crippen LogP contribution >= 0.6 is 0 Å². The number of ketones is 4. The van der Waals surface area contributed by atoms with Crippen LogP contribution in [0, 0.1) is 0 Å². The molecular weight excluding hydrogens is 995 g/mol. The normalized spacial score (nSPS) is 13.0. The minimum absolute atomic E-state index is 0. The van der Waals surface area contributed by atoms with E-state index in [0.717, 1.165) is 36.4 Å². The van der Waals surface area contributed by atoms with Crippen molar-refractivity contribution in [3.05, 3.63) is 142 Å². The Balaban J connectivity index is 0.000000247. The van der Waals surface area contributed by atoms with Crippen LogP contribution in [0.1, 0.15) is 63.7 Å². The van der Waals surface area contributed by atoms with Crippen molar-refractivity contribution < 1.29 is 130 Å². The second-order valence-corrected chi connectivity index (χ2v) is 19.7. The van der Waals surface area contributed by atoms with E-state index in [-0.39, 0.29) is 127 Å². The minimum atomic E-state index is -5.17. The van der Waals surface area contributed by atoms with Crippen LogP contribution in [-0.4, -0.2) is 75.0 Å². The summed E-state index contributed by atoms with van der Waals surface area (Å²) in [7, 11) is -19.8. The molecule has 0 aromatic heterocycles. The molecule has 6 aromatic carbocycles. The van der Waals surface area contributed by atoms with Crippen molar-refractivity contribution in [1.82, 2.24) is 0 Å². The third kappa shape index (κ3) is 9.96. The number of hydrogen-bond donors (Lipinski definition) is 8. The second-order valence-electron chi connectivity index (χ2n) is 14.2. The molecule has 0 fully saturated rings. The summed E-state index contributed by atoms with van der Waals surface area (Å²) in [5.41, 5.74) is 18.8. The quantitative estimate of drug-likeness (QED) is 0.0428. The number of rotatable bonds is 8. The summed E-state index contributed by atoms with van der Waals surface area (Å²) in [5, 5.41) is 5.26. The van der Waals surface area contributed by atoms with Gasteiger partial charge < -0.3 is 42.7 Å². The van der Waals surface area contributed by atoms with Gasteiger partial charge in [-0.05, 0) is 48.5 Å². The van der Waals surface area contributed by atoms with Gasteiger partial charge in [-0.15, -0.1) is 0 Å². The molecule has 0 radical (unpaired) electrons. The summed E-state index contributed by atoms with van der Waals surface area (Å²) in [6.07, 6.45) is 0. The number of carbonyl (C=O) groups is 4. The van der Waals surface area contributed by atoms with Crippen molar-refractivity contribution in [2.24, 2.45) is 0 Å². The SMILES string of the molecule is Nc1ccc(Nc2cc(S(=O)(=O)[O-])c(N)c3c2C(=O)c2ccccc2C3=O)cc1S(=O)(=O)O.Nc1ccc(Nc2cc(S(=O)(=O)[O-])c(N)c3c2C(=O)c2ccccc2C3=O)cc1S(=O)(=O)O.[Na+].[Na+]. The first-order valence-corrected chi connectivity index (χ1v) is 23.8. The maximum Gasteiger partial charge on any atom is 1.00 e. The van der Waals surface area contributed by atoms with Gasteiger partial charge in [-0.3, -0.25) is 28.3 Å². The molecule has 0 saturated carbocycles. The van der Waals surface area contributed by atoms with Crippen LogP contribution in [0.2, 0.25) is 0 Å². The topological polar surface area (TPSA) is 420 Å². The zero-order valence-electron chi connectivity index (χ0n) is 34.8. The first-order valence-electron chi connectivity index (χ1n) is 18.1. The number of carbonyl (C=O) groups excluding carboxylic acids is 4. The number of nitrogen functional groups attached to an aromatic ring is 4. The molecule has 6 aromatic rings. The fourth-order valence-electron chi connectivity index (χ4n) is 7.18. The molecule has 0 atom stereocenters. The molecule has 8 rings (SSSR count). The van der Waals surface area contributed by atoms with E-state index in [1.165, 1.54) is 60.7 Å². The summed E-state index contributed by atoms with van der Waals surface area (Å²) >= 11 is 0. The predicted molar refractivity (Wildman–Crippen MR) is 232 cm³/mol. The van der Waals surface area contributed by atoms with Gasteiger partial charge >= 0.3 is 59.1 Å². The van der Waals surface area contributed by atoms with Gasteiger partial charge in [0, 0.05) is 33.6 Å². The molecule has 0 bridgehead atoms. The molecule has 0 saturated heterocycles. The third-order valence-corrected chi connectivity index (χ3v) is 13.7. The molecule has 0 spiro atoms. The molecule has 22 nitrogen and oxygen atoms in total. The van der Waals surface area contributed by atoms with Crippen LogP contribution in [0.25, 0.3) is 0 Å². The maximum absolute atomic E-state index is 13.2. The van der Waals surface area contributed by atoms with Gasteiger partial charge in [-0.25, -0.2) is 16.8 Å². The van der Waals surface area contributed by atoms with E-state index < -0.39 is 106 Å². The van der Waals surface area contributed by atoms with E-state index in [0.29, 0.717) is 0 Å². The Hall–Kier alpha value is -5.56. The molecule has 68 heavy (non-hydrogen) atoms. The van der Waals surface area contributed by atoms with Crippen LogP contribution in [0.15, 0.2) is 117 Å². The van der Waals surface area contributed by atoms with Crippen molar-refractivity contribution >= 4 is 109 Å². The van der Waals surface area contributed by atoms with Crippen LogP contribution in [0.3, 0.4) is 0 Å². The summed E-state index contributed by atoms with van der Waals surface area (Å²) in [6.45, 7) is 0. The number of hydrogen-bond acceptors (Lipinski definition) is 20. The van der Waals surface area contributed by atoms with Crippen LogP contribution < -0.4 is 92.7 Å². The van der Waals surface area contributed by atoms with Gasteiger partial charge in [0.25, 0.3) is 20.2 Å². The van der Waals surface area contributed by atoms with E-state index in [9.17, 15) is 71.1 Å². The Kier molecular flexibility index (Phi) is 15.0. The molecule has 340 valence electrons. The van der Waals surface area contributed by atoms with Gasteiger partial charge in [-0.2, -0.15) is 16.8 Å². The predicted octanol–water partition coefficient (Wildman–Crippen LogP) is -2.95. The van der Waals surface area contributed by atoms with Gasteiger partial charge in [0.15, 0.2) is 23.1 Å². The Morgan fingerprint density at radius 3 is 0.956 bits per heavy atom. The Morgan fingerprint density at radius 2 is 0.691 bits per heavy atom. The van der Waals surface area contributed by atoms with Gasteiger partial charge in [-0.1, -0.05) is 48.5 Å². The Labute approximate surface area is 430 Å². The summed E-state index contributed by atoms with van der Waals surface area (Å²) in [6, 6.07) is 19.9. The van der Waals surface area contributed by atoms with E-state index in [4.69, 9.17) is 22.9 Å². The van der Waals surface area contributed by atoms with Crippen LogP contribution in [-0.2, 0) is 40.5 Å². The fourth-order valence-corrected chi connectivity index (χ4v) is 9.73. The molecule has 0 unspecified atom stereocenters. The van der Waals surface area contributed by atoms with E-state index in [1.54, 1.807) is 0 Å². The molecular formula is C40H28N6Na2O16S4. The molecule has 28 heteroatoms. The number of benzene rings is 6. The monoisotopic (exact) mass is 1020 g/mol. The van der Waals surface area contributed by atoms with Crippen molar-refractivity contribution in [1.29, 1.82) is 0 Å². The average Bonchev–Trinajstić information content (AvgIpc) is 3.22. The third-order valence-electron chi connectivity index (χ3n) is 10.1. The van der Waals surface area contributed by atoms with E-state index >= 15 is 0 Å². The van der Waals surface area contributed by atoms with Crippen LogP contribution in [0.4, 0.5) is 45.5 Å². The minimum Gasteiger partial charge on any atom is -0.744 e. The smallest absolute Gasteiger partial charge is 0.744 e. The molecule has 2 aliphatic rings. The molecule has 0 heterocycles.